The van der Waals surface area contributed by atoms with Crippen LogP contribution in [0.4, 0.5) is 8.78 Å². The molecule has 21 heavy (non-hydrogen) atoms. The molecule has 0 aliphatic carbocycles. The summed E-state index contributed by atoms with van der Waals surface area (Å²) >= 11 is 0. The molecule has 0 amide bonds. The van der Waals surface area contributed by atoms with Crippen LogP contribution in [0, 0.1) is 18.6 Å². The third kappa shape index (κ3) is 4.34. The van der Waals surface area contributed by atoms with Gasteiger partial charge in [0.15, 0.2) is 11.6 Å². The smallest absolute Gasteiger partial charge is 0.159 e. The van der Waals surface area contributed by atoms with E-state index < -0.39 is 17.7 Å². The van der Waals surface area contributed by atoms with E-state index in [-0.39, 0.29) is 12.6 Å². The van der Waals surface area contributed by atoms with E-state index in [0.717, 1.165) is 17.7 Å². The van der Waals surface area contributed by atoms with E-state index >= 15 is 0 Å². The topological polar surface area (TPSA) is 50.1 Å². The number of aromatic nitrogens is 2. The summed E-state index contributed by atoms with van der Waals surface area (Å²) < 4.78 is 27.8. The molecule has 4 nitrogen and oxygen atoms in total. The monoisotopic (exact) mass is 295 g/mol. The van der Waals surface area contributed by atoms with Crippen LogP contribution in [0.3, 0.4) is 0 Å². The summed E-state index contributed by atoms with van der Waals surface area (Å²) in [4.78, 5) is 0. The number of hydrogen-bond donors (Lipinski definition) is 2. The van der Waals surface area contributed by atoms with Crippen LogP contribution in [-0.2, 0) is 6.54 Å². The van der Waals surface area contributed by atoms with Gasteiger partial charge >= 0.3 is 0 Å². The Morgan fingerprint density at radius 3 is 2.71 bits per heavy atom. The highest BCUT2D eigenvalue weighted by molar-refractivity contribution is 5.20. The molecule has 0 saturated heterocycles. The van der Waals surface area contributed by atoms with E-state index in [1.165, 1.54) is 6.07 Å². The number of benzene rings is 1. The van der Waals surface area contributed by atoms with E-state index in [9.17, 15) is 13.9 Å². The second-order valence-electron chi connectivity index (χ2n) is 5.24. The van der Waals surface area contributed by atoms with E-state index in [1.54, 1.807) is 6.20 Å². The van der Waals surface area contributed by atoms with Gasteiger partial charge in [-0.05, 0) is 37.1 Å². The molecule has 0 radical (unpaired) electrons. The fraction of sp³-hybridized carbons (Fsp3) is 0.400. The Bertz CT molecular complexity index is 600. The predicted octanol–water partition coefficient (Wildman–Crippen LogP) is 2.18. The first-order valence-electron chi connectivity index (χ1n) is 6.81. The second-order valence-corrected chi connectivity index (χ2v) is 5.24. The SMILES string of the molecule is Cc1cnn(CC(C)NCC(O)c2ccc(F)c(F)c2)c1. The van der Waals surface area contributed by atoms with Gasteiger partial charge in [-0.1, -0.05) is 6.07 Å². The molecule has 0 bridgehead atoms. The van der Waals surface area contributed by atoms with E-state index in [4.69, 9.17) is 0 Å². The van der Waals surface area contributed by atoms with Crippen LogP contribution in [0.25, 0.3) is 0 Å². The molecule has 1 heterocycles. The lowest BCUT2D eigenvalue weighted by molar-refractivity contribution is 0.168. The van der Waals surface area contributed by atoms with Crippen molar-refractivity contribution in [2.45, 2.75) is 32.5 Å². The maximum absolute atomic E-state index is 13.1. The molecule has 0 spiro atoms. The summed E-state index contributed by atoms with van der Waals surface area (Å²) in [5.74, 6) is -1.87. The van der Waals surface area contributed by atoms with Crippen molar-refractivity contribution in [2.24, 2.45) is 0 Å². The molecule has 114 valence electrons. The van der Waals surface area contributed by atoms with Gasteiger partial charge < -0.3 is 10.4 Å². The van der Waals surface area contributed by atoms with Crippen LogP contribution >= 0.6 is 0 Å². The minimum absolute atomic E-state index is 0.0873. The summed E-state index contributed by atoms with van der Waals surface area (Å²) in [5.41, 5.74) is 1.44. The number of aryl methyl sites for hydroxylation is 1. The number of hydrogen-bond acceptors (Lipinski definition) is 3. The van der Waals surface area contributed by atoms with Gasteiger partial charge in [0.2, 0.25) is 0 Å². The van der Waals surface area contributed by atoms with E-state index in [2.05, 4.69) is 10.4 Å². The first-order valence-corrected chi connectivity index (χ1v) is 6.81. The van der Waals surface area contributed by atoms with Crippen LogP contribution in [0.2, 0.25) is 0 Å². The molecule has 6 heteroatoms. The first-order chi connectivity index (χ1) is 9.95. The number of halogens is 2. The minimum atomic E-state index is -0.952. The fourth-order valence-corrected chi connectivity index (χ4v) is 2.06. The largest absolute Gasteiger partial charge is 0.387 e. The van der Waals surface area contributed by atoms with Crippen LogP contribution in [0.15, 0.2) is 30.6 Å². The third-order valence-corrected chi connectivity index (χ3v) is 3.21. The standard InChI is InChI=1S/C15H19F2N3O/c1-10-6-19-20(8-10)9-11(2)18-7-15(21)12-3-4-13(16)14(17)5-12/h3-6,8,11,15,18,21H,7,9H2,1-2H3. The van der Waals surface area contributed by atoms with Gasteiger partial charge in [-0.2, -0.15) is 5.10 Å². The Balaban J connectivity index is 1.85. The van der Waals surface area contributed by atoms with Gasteiger partial charge in [-0.3, -0.25) is 4.68 Å². The number of aliphatic hydroxyl groups is 1. The van der Waals surface area contributed by atoms with Gasteiger partial charge in [0.1, 0.15) is 0 Å². The molecule has 2 rings (SSSR count). The molecule has 2 N–H and O–H groups in total. The van der Waals surface area contributed by atoms with Gasteiger partial charge in [0, 0.05) is 18.8 Å². The minimum Gasteiger partial charge on any atom is -0.387 e. The molecule has 0 fully saturated rings. The normalized spacial score (nSPS) is 14.1. The third-order valence-electron chi connectivity index (χ3n) is 3.21. The summed E-state index contributed by atoms with van der Waals surface area (Å²) in [6, 6.07) is 3.50. The highest BCUT2D eigenvalue weighted by atomic mass is 19.2. The van der Waals surface area contributed by atoms with Crippen molar-refractivity contribution >= 4 is 0 Å². The van der Waals surface area contributed by atoms with Crippen molar-refractivity contribution in [2.75, 3.05) is 6.54 Å². The molecular weight excluding hydrogens is 276 g/mol. The average molecular weight is 295 g/mol. The number of nitrogens with zero attached hydrogens (tertiary/aromatic N) is 2. The van der Waals surface area contributed by atoms with Crippen molar-refractivity contribution in [3.05, 3.63) is 53.4 Å². The van der Waals surface area contributed by atoms with Crippen LogP contribution < -0.4 is 5.32 Å². The van der Waals surface area contributed by atoms with E-state index in [0.29, 0.717) is 12.1 Å². The Morgan fingerprint density at radius 1 is 1.33 bits per heavy atom. The van der Waals surface area contributed by atoms with Gasteiger partial charge in [-0.15, -0.1) is 0 Å². The van der Waals surface area contributed by atoms with Crippen molar-refractivity contribution in [1.82, 2.24) is 15.1 Å². The Labute approximate surface area is 122 Å². The Kier molecular flexibility index (Phi) is 5.03. The molecule has 0 saturated carbocycles. The maximum atomic E-state index is 13.1. The Hall–Kier alpha value is -1.79. The van der Waals surface area contributed by atoms with Crippen LogP contribution in [0.5, 0.6) is 0 Å². The molecule has 0 aliphatic heterocycles. The zero-order chi connectivity index (χ0) is 15.4. The van der Waals surface area contributed by atoms with Crippen molar-refractivity contribution in [3.63, 3.8) is 0 Å². The van der Waals surface area contributed by atoms with Gasteiger partial charge in [-0.25, -0.2) is 8.78 Å². The lowest BCUT2D eigenvalue weighted by Crippen LogP contribution is -2.34. The van der Waals surface area contributed by atoms with Crippen LogP contribution in [0.1, 0.15) is 24.2 Å². The predicted molar refractivity (Wildman–Crippen MR) is 75.7 cm³/mol. The summed E-state index contributed by atoms with van der Waals surface area (Å²) in [5, 5.41) is 17.3. The zero-order valence-corrected chi connectivity index (χ0v) is 12.1. The van der Waals surface area contributed by atoms with Crippen LogP contribution in [-0.4, -0.2) is 27.5 Å². The van der Waals surface area contributed by atoms with Gasteiger partial charge in [0.25, 0.3) is 0 Å². The fourth-order valence-electron chi connectivity index (χ4n) is 2.06. The number of aliphatic hydroxyl groups excluding tert-OH is 1. The summed E-state index contributed by atoms with van der Waals surface area (Å²) in [6.45, 7) is 4.86. The number of nitrogens with one attached hydrogen (secondary N) is 1. The lowest BCUT2D eigenvalue weighted by atomic mass is 10.1. The highest BCUT2D eigenvalue weighted by Crippen LogP contribution is 2.15. The molecule has 1 aromatic carbocycles. The highest BCUT2D eigenvalue weighted by Gasteiger charge is 2.12. The average Bonchev–Trinajstić information content (AvgIpc) is 2.84. The second kappa shape index (κ2) is 6.78. The van der Waals surface area contributed by atoms with Crippen molar-refractivity contribution in [3.8, 4) is 0 Å². The van der Waals surface area contributed by atoms with Crippen molar-refractivity contribution < 1.29 is 13.9 Å². The van der Waals surface area contributed by atoms with E-state index in [1.807, 2.05) is 24.7 Å². The summed E-state index contributed by atoms with van der Waals surface area (Å²) in [7, 11) is 0. The number of rotatable bonds is 6. The quantitative estimate of drug-likeness (QED) is 0.859. The lowest BCUT2D eigenvalue weighted by Gasteiger charge is -2.17. The molecule has 2 unspecified atom stereocenters. The molecule has 0 aliphatic rings. The van der Waals surface area contributed by atoms with Crippen molar-refractivity contribution in [1.29, 1.82) is 0 Å². The van der Waals surface area contributed by atoms with Gasteiger partial charge in [0.05, 0.1) is 18.8 Å². The first kappa shape index (κ1) is 15.6. The summed E-state index contributed by atoms with van der Waals surface area (Å²) in [6.07, 6.45) is 2.83. The zero-order valence-electron chi connectivity index (χ0n) is 12.1. The molecule has 2 aromatic rings. The molecular formula is C15H19F2N3O. The Morgan fingerprint density at radius 2 is 2.10 bits per heavy atom. The molecule has 1 aromatic heterocycles. The maximum Gasteiger partial charge on any atom is 0.159 e. The molecule has 2 atom stereocenters.